The number of fused-ring (bicyclic) bond motifs is 1. The van der Waals surface area contributed by atoms with Crippen molar-refractivity contribution in [2.75, 3.05) is 0 Å². The maximum Gasteiger partial charge on any atom is 4.00 e. The van der Waals surface area contributed by atoms with Crippen molar-refractivity contribution < 1.29 is 58.9 Å². The second-order valence-corrected chi connectivity index (χ2v) is 10.9. The quantitative estimate of drug-likeness (QED) is 0.215. The molecule has 0 spiro atoms. The molecule has 0 radical (unpaired) electrons. The summed E-state index contributed by atoms with van der Waals surface area (Å²) in [6, 6.07) is 21.6. The number of benzene rings is 3. The smallest absolute Gasteiger partial charge is 1.00 e. The summed E-state index contributed by atoms with van der Waals surface area (Å²) in [4.78, 5) is 0. The molecule has 0 N–H and O–H groups in total. The fourth-order valence-corrected chi connectivity index (χ4v) is 6.90. The van der Waals surface area contributed by atoms with E-state index in [-0.39, 0.29) is 64.4 Å². The Bertz CT molecular complexity index is 1120. The van der Waals surface area contributed by atoms with Gasteiger partial charge in [0.1, 0.15) is 0 Å². The first kappa shape index (κ1) is 34.8. The van der Waals surface area contributed by atoms with Crippen molar-refractivity contribution in [3.8, 4) is 0 Å². The van der Waals surface area contributed by atoms with Crippen molar-refractivity contribution in [2.45, 2.75) is 53.4 Å². The van der Waals surface area contributed by atoms with Crippen molar-refractivity contribution in [3.63, 3.8) is 0 Å². The van der Waals surface area contributed by atoms with E-state index >= 15 is 0 Å². The molecule has 0 aromatic heterocycles. The van der Waals surface area contributed by atoms with Gasteiger partial charge in [0.05, 0.1) is 0 Å². The fraction of sp³-hybridized carbons (Fsp3) is 0.324. The summed E-state index contributed by atoms with van der Waals surface area (Å²) in [5.41, 5.74) is 12.0. The van der Waals surface area contributed by atoms with E-state index < -0.39 is 0 Å². The molecular formula is C34H37Cl3Ti. The standard InChI is InChI=1S/C34H37.3ClH.Ti/c1-22-13-23(2)17-29(16-22)34(30-18-24(3)14-25(4)19-30,31-20-26(5)15-27(6)21-31)33-12-11-28-9-7-8-10-32(28)33;;;;/h7-10,12-21,28,32-33H,11H2,1-6H3;3*1H;/q-1;;;;+4/p-3. The molecular weight excluding hydrogens is 563 g/mol. The minimum absolute atomic E-state index is 0. The zero-order valence-electron chi connectivity index (χ0n) is 23.2. The van der Waals surface area contributed by atoms with Crippen LogP contribution in [0.2, 0.25) is 0 Å². The average Bonchev–Trinajstić information content (AvgIpc) is 3.17. The van der Waals surface area contributed by atoms with Gasteiger partial charge < -0.3 is 43.6 Å². The molecule has 0 saturated heterocycles. The van der Waals surface area contributed by atoms with Crippen LogP contribution in [0.4, 0.5) is 0 Å². The first-order chi connectivity index (χ1) is 16.3. The largest absolute Gasteiger partial charge is 4.00 e. The second kappa shape index (κ2) is 13.9. The molecule has 198 valence electrons. The molecule has 5 rings (SSSR count). The van der Waals surface area contributed by atoms with Crippen LogP contribution in [0.3, 0.4) is 0 Å². The Hall–Kier alpha value is -1.28. The number of rotatable bonds is 4. The predicted octanol–water partition coefficient (Wildman–Crippen LogP) is -0.536. The van der Waals surface area contributed by atoms with Gasteiger partial charge in [0.25, 0.3) is 0 Å². The Labute approximate surface area is 263 Å². The van der Waals surface area contributed by atoms with Crippen molar-refractivity contribution >= 4 is 0 Å². The molecule has 1 fully saturated rings. The van der Waals surface area contributed by atoms with Crippen LogP contribution in [0.25, 0.3) is 0 Å². The van der Waals surface area contributed by atoms with E-state index in [0.29, 0.717) is 17.8 Å². The van der Waals surface area contributed by atoms with E-state index in [0.717, 1.165) is 6.42 Å². The SMILES string of the molecule is Cc1cc(C)cc(C(c2cc(C)cc(C)c2)(c2cc(C)cc(C)c2)C2[CH-]CC3C=CC=CC32)c1.[Cl-].[Cl-].[Cl-].[Ti+4]. The van der Waals surface area contributed by atoms with Gasteiger partial charge in [0, 0.05) is 5.41 Å². The molecule has 0 bridgehead atoms. The van der Waals surface area contributed by atoms with Crippen LogP contribution in [0.5, 0.6) is 0 Å². The molecule has 2 aliphatic carbocycles. The van der Waals surface area contributed by atoms with E-state index in [4.69, 9.17) is 0 Å². The average molecular weight is 600 g/mol. The third-order valence-electron chi connectivity index (χ3n) is 7.91. The molecule has 3 unspecified atom stereocenters. The Kier molecular flexibility index (Phi) is 12.7. The normalized spacial score (nSPS) is 19.4. The molecule has 2 aliphatic rings. The number of hydrogen-bond acceptors (Lipinski definition) is 0. The molecule has 38 heavy (non-hydrogen) atoms. The van der Waals surface area contributed by atoms with Gasteiger partial charge in [-0.3, -0.25) is 0 Å². The molecule has 3 aromatic rings. The summed E-state index contributed by atoms with van der Waals surface area (Å²) in [5.74, 6) is 1.45. The van der Waals surface area contributed by atoms with Crippen LogP contribution in [0.15, 0.2) is 78.9 Å². The van der Waals surface area contributed by atoms with Crippen molar-refractivity contribution in [1.82, 2.24) is 0 Å². The predicted molar refractivity (Wildman–Crippen MR) is 145 cm³/mol. The Morgan fingerprint density at radius 2 is 0.895 bits per heavy atom. The molecule has 0 aliphatic heterocycles. The van der Waals surface area contributed by atoms with Crippen molar-refractivity contribution in [1.29, 1.82) is 0 Å². The number of aryl methyl sites for hydroxylation is 6. The van der Waals surface area contributed by atoms with E-state index in [1.165, 1.54) is 50.1 Å². The zero-order chi connectivity index (χ0) is 24.0. The number of hydrogen-bond donors (Lipinski definition) is 0. The van der Waals surface area contributed by atoms with E-state index in [9.17, 15) is 0 Å². The van der Waals surface area contributed by atoms with Gasteiger partial charge in [-0.15, -0.1) is 5.92 Å². The van der Waals surface area contributed by atoms with Crippen LogP contribution >= 0.6 is 0 Å². The molecule has 0 nitrogen and oxygen atoms in total. The summed E-state index contributed by atoms with van der Waals surface area (Å²) in [7, 11) is 0. The van der Waals surface area contributed by atoms with Gasteiger partial charge in [-0.1, -0.05) is 112 Å². The number of halogens is 3. The second-order valence-electron chi connectivity index (χ2n) is 10.9. The van der Waals surface area contributed by atoms with Crippen LogP contribution in [0.1, 0.15) is 56.5 Å². The zero-order valence-corrected chi connectivity index (χ0v) is 27.0. The van der Waals surface area contributed by atoms with E-state index in [2.05, 4.69) is 127 Å². The summed E-state index contributed by atoms with van der Waals surface area (Å²) in [6.45, 7) is 13.5. The molecule has 3 atom stereocenters. The summed E-state index contributed by atoms with van der Waals surface area (Å²) in [5, 5.41) is 0. The fourth-order valence-electron chi connectivity index (χ4n) is 6.90. The molecule has 0 amide bonds. The number of allylic oxidation sites excluding steroid dienone is 4. The van der Waals surface area contributed by atoms with Crippen LogP contribution in [0, 0.1) is 65.7 Å². The molecule has 4 heteroatoms. The minimum Gasteiger partial charge on any atom is -1.00 e. The van der Waals surface area contributed by atoms with E-state index in [1.807, 2.05) is 0 Å². The monoisotopic (exact) mass is 598 g/mol. The van der Waals surface area contributed by atoms with Gasteiger partial charge in [-0.05, 0) is 70.1 Å². The van der Waals surface area contributed by atoms with Gasteiger partial charge in [-0.25, -0.2) is 0 Å². The first-order valence-corrected chi connectivity index (χ1v) is 12.7. The first-order valence-electron chi connectivity index (χ1n) is 12.7. The molecule has 3 aromatic carbocycles. The maximum atomic E-state index is 2.64. The van der Waals surface area contributed by atoms with Gasteiger partial charge >= 0.3 is 21.7 Å². The molecule has 1 saturated carbocycles. The van der Waals surface area contributed by atoms with Crippen LogP contribution in [-0.2, 0) is 27.1 Å². The van der Waals surface area contributed by atoms with Gasteiger partial charge in [0.15, 0.2) is 0 Å². The third kappa shape index (κ3) is 6.37. The van der Waals surface area contributed by atoms with E-state index in [1.54, 1.807) is 0 Å². The Balaban J connectivity index is 0.00000180. The van der Waals surface area contributed by atoms with Crippen molar-refractivity contribution in [3.05, 3.63) is 135 Å². The Morgan fingerprint density at radius 1 is 0.553 bits per heavy atom. The van der Waals surface area contributed by atoms with Gasteiger partial charge in [-0.2, -0.15) is 6.42 Å². The third-order valence-corrected chi connectivity index (χ3v) is 7.91. The van der Waals surface area contributed by atoms with Crippen molar-refractivity contribution in [2.24, 2.45) is 17.8 Å². The van der Waals surface area contributed by atoms with Crippen LogP contribution in [-0.4, -0.2) is 0 Å². The maximum absolute atomic E-state index is 2.64. The topological polar surface area (TPSA) is 0 Å². The summed E-state index contributed by atoms with van der Waals surface area (Å²) >= 11 is 0. The molecule has 0 heterocycles. The minimum atomic E-state index is -0.251. The Morgan fingerprint density at radius 3 is 1.26 bits per heavy atom. The van der Waals surface area contributed by atoms with Gasteiger partial charge in [0.2, 0.25) is 0 Å². The summed E-state index contributed by atoms with van der Waals surface area (Å²) in [6.07, 6.45) is 13.2. The summed E-state index contributed by atoms with van der Waals surface area (Å²) < 4.78 is 0. The van der Waals surface area contributed by atoms with Crippen LogP contribution < -0.4 is 37.2 Å².